The number of para-hydroxylation sites is 1. The Balaban J connectivity index is 1.85. The number of carbonyl (C=O) groups is 2. The van der Waals surface area contributed by atoms with Gasteiger partial charge in [0.1, 0.15) is 5.75 Å². The standard InChI is InChI=1S/C16H23N3O3/c1-17-8-4-7-15(21)18-9-11-19(12-10-18)16(22)13-5-2-3-6-14(13)20/h2-3,5-6,17,20H,4,7-12H2,1H3. The molecule has 22 heavy (non-hydrogen) atoms. The highest BCUT2D eigenvalue weighted by atomic mass is 16.3. The lowest BCUT2D eigenvalue weighted by Gasteiger charge is -2.35. The van der Waals surface area contributed by atoms with E-state index in [-0.39, 0.29) is 17.6 Å². The summed E-state index contributed by atoms with van der Waals surface area (Å²) in [6.07, 6.45) is 1.36. The molecule has 120 valence electrons. The lowest BCUT2D eigenvalue weighted by atomic mass is 10.1. The summed E-state index contributed by atoms with van der Waals surface area (Å²) in [5, 5.41) is 12.8. The molecule has 0 aliphatic carbocycles. The molecule has 0 aromatic heterocycles. The number of rotatable bonds is 5. The van der Waals surface area contributed by atoms with Crippen LogP contribution in [0.25, 0.3) is 0 Å². The van der Waals surface area contributed by atoms with Crippen LogP contribution in [0.5, 0.6) is 5.75 Å². The van der Waals surface area contributed by atoms with E-state index in [9.17, 15) is 14.7 Å². The lowest BCUT2D eigenvalue weighted by molar-refractivity contribution is -0.132. The molecule has 2 rings (SSSR count). The van der Waals surface area contributed by atoms with Crippen LogP contribution < -0.4 is 5.32 Å². The predicted octanol–water partition coefficient (Wildman–Crippen LogP) is 0.676. The fraction of sp³-hybridized carbons (Fsp3) is 0.500. The van der Waals surface area contributed by atoms with Gasteiger partial charge in [0.25, 0.3) is 5.91 Å². The average molecular weight is 305 g/mol. The molecule has 0 spiro atoms. The fourth-order valence-corrected chi connectivity index (χ4v) is 2.56. The van der Waals surface area contributed by atoms with Crippen molar-refractivity contribution >= 4 is 11.8 Å². The van der Waals surface area contributed by atoms with Gasteiger partial charge in [0.15, 0.2) is 0 Å². The highest BCUT2D eigenvalue weighted by Gasteiger charge is 2.25. The van der Waals surface area contributed by atoms with Crippen LogP contribution in [0.3, 0.4) is 0 Å². The molecule has 0 atom stereocenters. The van der Waals surface area contributed by atoms with Gasteiger partial charge in [-0.25, -0.2) is 0 Å². The Labute approximate surface area is 130 Å². The molecule has 1 saturated heterocycles. The molecular weight excluding hydrogens is 282 g/mol. The summed E-state index contributed by atoms with van der Waals surface area (Å²) < 4.78 is 0. The number of hydrogen-bond acceptors (Lipinski definition) is 4. The van der Waals surface area contributed by atoms with Crippen LogP contribution >= 0.6 is 0 Å². The van der Waals surface area contributed by atoms with E-state index in [4.69, 9.17) is 0 Å². The quantitative estimate of drug-likeness (QED) is 0.785. The summed E-state index contributed by atoms with van der Waals surface area (Å²) in [6, 6.07) is 6.55. The van der Waals surface area contributed by atoms with Crippen LogP contribution in [0.4, 0.5) is 0 Å². The summed E-state index contributed by atoms with van der Waals surface area (Å²) in [4.78, 5) is 27.9. The molecule has 1 aliphatic rings. The molecule has 1 aromatic carbocycles. The second kappa shape index (κ2) is 7.79. The number of nitrogens with zero attached hydrogens (tertiary/aromatic N) is 2. The van der Waals surface area contributed by atoms with Crippen molar-refractivity contribution in [1.82, 2.24) is 15.1 Å². The Kier molecular flexibility index (Phi) is 5.77. The molecule has 0 unspecified atom stereocenters. The molecule has 2 N–H and O–H groups in total. The maximum atomic E-state index is 12.4. The number of aromatic hydroxyl groups is 1. The third-order valence-corrected chi connectivity index (χ3v) is 3.87. The van der Waals surface area contributed by atoms with Crippen LogP contribution in [0.15, 0.2) is 24.3 Å². The molecular formula is C16H23N3O3. The smallest absolute Gasteiger partial charge is 0.257 e. The Morgan fingerprint density at radius 1 is 1.14 bits per heavy atom. The molecule has 6 nitrogen and oxygen atoms in total. The maximum Gasteiger partial charge on any atom is 0.257 e. The van der Waals surface area contributed by atoms with Gasteiger partial charge in [-0.05, 0) is 32.1 Å². The molecule has 0 saturated carbocycles. The summed E-state index contributed by atoms with van der Waals surface area (Å²) in [5.41, 5.74) is 0.316. The third kappa shape index (κ3) is 3.98. The minimum atomic E-state index is -0.180. The van der Waals surface area contributed by atoms with E-state index in [0.717, 1.165) is 13.0 Å². The molecule has 1 aromatic rings. The van der Waals surface area contributed by atoms with Crippen molar-refractivity contribution in [2.45, 2.75) is 12.8 Å². The van der Waals surface area contributed by atoms with Gasteiger partial charge >= 0.3 is 0 Å². The van der Waals surface area contributed by atoms with E-state index < -0.39 is 0 Å². The Morgan fingerprint density at radius 2 is 1.77 bits per heavy atom. The number of benzene rings is 1. The van der Waals surface area contributed by atoms with E-state index in [1.54, 1.807) is 23.1 Å². The summed E-state index contributed by atoms with van der Waals surface area (Å²) in [5.74, 6) is -0.0386. The van der Waals surface area contributed by atoms with Crippen molar-refractivity contribution in [2.24, 2.45) is 0 Å². The van der Waals surface area contributed by atoms with E-state index in [2.05, 4.69) is 5.32 Å². The van der Waals surface area contributed by atoms with Crippen LogP contribution in [-0.2, 0) is 4.79 Å². The highest BCUT2D eigenvalue weighted by Crippen LogP contribution is 2.18. The van der Waals surface area contributed by atoms with E-state index >= 15 is 0 Å². The van der Waals surface area contributed by atoms with Gasteiger partial charge in [-0.2, -0.15) is 0 Å². The highest BCUT2D eigenvalue weighted by molar-refractivity contribution is 5.97. The summed E-state index contributed by atoms with van der Waals surface area (Å²) >= 11 is 0. The van der Waals surface area contributed by atoms with Gasteiger partial charge in [0.05, 0.1) is 5.56 Å². The Morgan fingerprint density at radius 3 is 2.41 bits per heavy atom. The van der Waals surface area contributed by atoms with Gasteiger partial charge < -0.3 is 20.2 Å². The first-order chi connectivity index (χ1) is 10.6. The van der Waals surface area contributed by atoms with Crippen molar-refractivity contribution in [3.05, 3.63) is 29.8 Å². The SMILES string of the molecule is CNCCCC(=O)N1CCN(C(=O)c2ccccc2O)CC1. The van der Waals surface area contributed by atoms with Crippen LogP contribution in [-0.4, -0.2) is 66.5 Å². The first kappa shape index (κ1) is 16.3. The second-order valence-corrected chi connectivity index (χ2v) is 5.40. The molecule has 1 heterocycles. The zero-order valence-electron chi connectivity index (χ0n) is 12.9. The molecule has 2 amide bonds. The van der Waals surface area contributed by atoms with Gasteiger partial charge in [0, 0.05) is 32.6 Å². The van der Waals surface area contributed by atoms with Crippen molar-refractivity contribution in [3.63, 3.8) is 0 Å². The first-order valence-corrected chi connectivity index (χ1v) is 7.63. The number of amides is 2. The number of carbonyl (C=O) groups excluding carboxylic acids is 2. The topological polar surface area (TPSA) is 72.9 Å². The number of phenols is 1. The molecule has 6 heteroatoms. The predicted molar refractivity (Wildman–Crippen MR) is 83.8 cm³/mol. The average Bonchev–Trinajstić information content (AvgIpc) is 2.55. The van der Waals surface area contributed by atoms with Gasteiger partial charge in [0.2, 0.25) is 5.91 Å². The number of nitrogens with one attached hydrogen (secondary N) is 1. The molecule has 1 fully saturated rings. The molecule has 0 radical (unpaired) electrons. The minimum absolute atomic E-state index is 0.00179. The number of phenolic OH excluding ortho intramolecular Hbond substituents is 1. The second-order valence-electron chi connectivity index (χ2n) is 5.40. The van der Waals surface area contributed by atoms with Crippen molar-refractivity contribution in [1.29, 1.82) is 0 Å². The molecule has 1 aliphatic heterocycles. The number of piperazine rings is 1. The van der Waals surface area contributed by atoms with Crippen molar-refractivity contribution < 1.29 is 14.7 Å². The zero-order chi connectivity index (χ0) is 15.9. The summed E-state index contributed by atoms with van der Waals surface area (Å²) in [6.45, 7) is 2.95. The minimum Gasteiger partial charge on any atom is -0.507 e. The van der Waals surface area contributed by atoms with E-state index in [1.165, 1.54) is 6.07 Å². The number of hydrogen-bond donors (Lipinski definition) is 2. The Bertz CT molecular complexity index is 525. The van der Waals surface area contributed by atoms with Crippen molar-refractivity contribution in [2.75, 3.05) is 39.8 Å². The van der Waals surface area contributed by atoms with Crippen LogP contribution in [0, 0.1) is 0 Å². The monoisotopic (exact) mass is 305 g/mol. The fourth-order valence-electron chi connectivity index (χ4n) is 2.56. The largest absolute Gasteiger partial charge is 0.507 e. The maximum absolute atomic E-state index is 12.4. The van der Waals surface area contributed by atoms with Gasteiger partial charge in [-0.1, -0.05) is 12.1 Å². The normalized spacial score (nSPS) is 15.0. The van der Waals surface area contributed by atoms with E-state index in [0.29, 0.717) is 38.2 Å². The molecule has 0 bridgehead atoms. The van der Waals surface area contributed by atoms with E-state index in [1.807, 2.05) is 11.9 Å². The Hall–Kier alpha value is -2.08. The summed E-state index contributed by atoms with van der Waals surface area (Å²) in [7, 11) is 1.87. The first-order valence-electron chi connectivity index (χ1n) is 7.63. The van der Waals surface area contributed by atoms with Gasteiger partial charge in [-0.15, -0.1) is 0 Å². The zero-order valence-corrected chi connectivity index (χ0v) is 12.9. The van der Waals surface area contributed by atoms with Crippen molar-refractivity contribution in [3.8, 4) is 5.75 Å². The third-order valence-electron chi connectivity index (χ3n) is 3.87. The van der Waals surface area contributed by atoms with Crippen LogP contribution in [0.1, 0.15) is 23.2 Å². The van der Waals surface area contributed by atoms with Crippen LogP contribution in [0.2, 0.25) is 0 Å². The lowest BCUT2D eigenvalue weighted by Crippen LogP contribution is -2.50. The van der Waals surface area contributed by atoms with Gasteiger partial charge in [-0.3, -0.25) is 9.59 Å².